The Morgan fingerprint density at radius 1 is 0.939 bits per heavy atom. The number of nitrogens with zero attached hydrogens (tertiary/aromatic N) is 6. The summed E-state index contributed by atoms with van der Waals surface area (Å²) in [6.07, 6.45) is 8.82. The molecule has 4 aliphatic rings. The number of nitrogens with two attached hydrogens (primary N) is 2. The van der Waals surface area contributed by atoms with Gasteiger partial charge < -0.3 is 36.8 Å². The molecule has 2 fully saturated rings. The molecule has 0 saturated carbocycles. The monoisotopic (exact) mass is 914 g/mol. The molecule has 16 nitrogen and oxygen atoms in total. The highest BCUT2D eigenvalue weighted by atomic mass is 19.3. The molecule has 4 amide bonds. The number of carbonyl (C=O) groups is 4. The Labute approximate surface area is 384 Å². The summed E-state index contributed by atoms with van der Waals surface area (Å²) in [6.45, 7) is 5.08. The number of benzene rings is 2. The standard InChI is InChI=1S/C48H65F2N11O5/c1-30(62)59-23-18-38(37(29-59)46(52)60-20-9-10-31-24-35(32(27-51)28-53-2)36(45(49)50)26-41(31)60)55-33-16-21-58(22-17-33)44(64)11-7-5-4-6-8-19-54-34-12-13-39-42(25-34)57(3)48(66)61(39)40-14-15-43(63)56-47(40)65/h12-13,24-28,33,40,45-46,54-55H,4-11,14-23,29,51-52H2,1-3H3,(H,56,63,65)/b32-27+,53-28?. The summed E-state index contributed by atoms with van der Waals surface area (Å²) in [4.78, 5) is 72.8. The lowest BCUT2D eigenvalue weighted by Crippen LogP contribution is -2.53. The number of piperidine rings is 2. The van der Waals surface area contributed by atoms with Crippen molar-refractivity contribution in [2.45, 2.75) is 115 Å². The number of aliphatic imine (C=N–C) groups is 1. The minimum atomic E-state index is -2.74. The Bertz CT molecular complexity index is 2450. The summed E-state index contributed by atoms with van der Waals surface area (Å²) in [6, 6.07) is 8.39. The number of imidazole rings is 1. The zero-order valence-electron chi connectivity index (χ0n) is 38.4. The van der Waals surface area contributed by atoms with Gasteiger partial charge in [-0.3, -0.25) is 38.6 Å². The van der Waals surface area contributed by atoms with E-state index in [4.69, 9.17) is 11.5 Å². The first-order valence-corrected chi connectivity index (χ1v) is 23.4. The molecule has 0 aliphatic carbocycles. The molecule has 2 saturated heterocycles. The fourth-order valence-corrected chi connectivity index (χ4v) is 9.96. The molecular weight excluding hydrogens is 849 g/mol. The van der Waals surface area contributed by atoms with E-state index in [9.17, 15) is 32.8 Å². The van der Waals surface area contributed by atoms with Crippen LogP contribution in [-0.2, 0) is 32.6 Å². The number of fused-ring (bicyclic) bond motifs is 2. The summed E-state index contributed by atoms with van der Waals surface area (Å²) >= 11 is 0. The van der Waals surface area contributed by atoms with E-state index < -0.39 is 24.5 Å². The van der Waals surface area contributed by atoms with E-state index in [1.807, 2.05) is 28.0 Å². The van der Waals surface area contributed by atoms with Crippen molar-refractivity contribution in [1.82, 2.24) is 29.6 Å². The van der Waals surface area contributed by atoms with Crippen molar-refractivity contribution in [1.29, 1.82) is 0 Å². The van der Waals surface area contributed by atoms with E-state index in [1.54, 1.807) is 32.0 Å². The lowest BCUT2D eigenvalue weighted by atomic mass is 9.91. The van der Waals surface area contributed by atoms with Crippen LogP contribution in [-0.4, -0.2) is 107 Å². The number of carbonyl (C=O) groups excluding carboxylic acids is 4. The predicted molar refractivity (Wildman–Crippen MR) is 253 cm³/mol. The number of rotatable bonds is 17. The van der Waals surface area contributed by atoms with Crippen molar-refractivity contribution in [3.8, 4) is 0 Å². The number of imide groups is 1. The van der Waals surface area contributed by atoms with Crippen LogP contribution in [0.15, 0.2) is 57.6 Å². The van der Waals surface area contributed by atoms with Crippen LogP contribution in [0.2, 0.25) is 0 Å². The van der Waals surface area contributed by atoms with Crippen molar-refractivity contribution in [3.05, 3.63) is 75.0 Å². The summed E-state index contributed by atoms with van der Waals surface area (Å²) < 4.78 is 32.1. The third-order valence-electron chi connectivity index (χ3n) is 13.7. The Morgan fingerprint density at radius 2 is 1.70 bits per heavy atom. The molecule has 4 aliphatic heterocycles. The molecule has 2 unspecified atom stereocenters. The lowest BCUT2D eigenvalue weighted by molar-refractivity contribution is -0.136. The van der Waals surface area contributed by atoms with E-state index in [0.29, 0.717) is 86.3 Å². The number of allylic oxidation sites excluding steroid dienone is 1. The Balaban J connectivity index is 0.870. The van der Waals surface area contributed by atoms with Gasteiger partial charge in [0.1, 0.15) is 12.2 Å². The minimum Gasteiger partial charge on any atom is -0.404 e. The van der Waals surface area contributed by atoms with Gasteiger partial charge in [0, 0.05) is 132 Å². The number of halogens is 2. The number of amides is 4. The number of nitrogens with one attached hydrogen (secondary N) is 3. The molecule has 66 heavy (non-hydrogen) atoms. The van der Waals surface area contributed by atoms with Gasteiger partial charge in [-0.25, -0.2) is 13.6 Å². The van der Waals surface area contributed by atoms with Crippen LogP contribution in [0.4, 0.5) is 20.2 Å². The van der Waals surface area contributed by atoms with E-state index in [0.717, 1.165) is 80.4 Å². The van der Waals surface area contributed by atoms with Gasteiger partial charge in [-0.05, 0) is 86.4 Å². The summed E-state index contributed by atoms with van der Waals surface area (Å²) in [5, 5.41) is 9.54. The van der Waals surface area contributed by atoms with Crippen molar-refractivity contribution >= 4 is 57.8 Å². The zero-order valence-corrected chi connectivity index (χ0v) is 38.4. The molecule has 0 radical (unpaired) electrons. The van der Waals surface area contributed by atoms with Gasteiger partial charge in [-0.15, -0.1) is 0 Å². The van der Waals surface area contributed by atoms with Crippen molar-refractivity contribution < 1.29 is 28.0 Å². The SMILES string of the molecule is CN=C/C(=C\N)c1cc2c(cc1C(F)F)N(C(N)C1=C(NC3CCN(C(=O)CCCCCCCNc4ccc5c(c4)n(C)c(=O)n5C4CCC(=O)NC4=O)CC3)CCN(C(C)=O)C1)CCC2. The maximum atomic E-state index is 14.6. The molecule has 356 valence electrons. The third-order valence-corrected chi connectivity index (χ3v) is 13.7. The van der Waals surface area contributed by atoms with E-state index >= 15 is 0 Å². The number of alkyl halides is 2. The Hall–Kier alpha value is -6.04. The second kappa shape index (κ2) is 21.5. The molecule has 7 rings (SSSR count). The molecule has 7 N–H and O–H groups in total. The average molecular weight is 914 g/mol. The second-order valence-corrected chi connectivity index (χ2v) is 17.9. The smallest absolute Gasteiger partial charge is 0.329 e. The molecule has 0 bridgehead atoms. The summed E-state index contributed by atoms with van der Waals surface area (Å²) in [5.41, 5.74) is 18.9. The van der Waals surface area contributed by atoms with E-state index in [-0.39, 0.29) is 41.4 Å². The lowest BCUT2D eigenvalue weighted by Gasteiger charge is -2.42. The molecular formula is C48H65F2N11O5. The van der Waals surface area contributed by atoms with Gasteiger partial charge in [0.15, 0.2) is 0 Å². The predicted octanol–water partition coefficient (Wildman–Crippen LogP) is 4.83. The van der Waals surface area contributed by atoms with Gasteiger partial charge in [0.2, 0.25) is 23.6 Å². The Morgan fingerprint density at radius 3 is 2.41 bits per heavy atom. The number of aromatic nitrogens is 2. The number of likely N-dealkylation sites (tertiary alicyclic amines) is 1. The number of aryl methyl sites for hydroxylation is 2. The van der Waals surface area contributed by atoms with Gasteiger partial charge in [0.25, 0.3) is 6.43 Å². The average Bonchev–Trinajstić information content (AvgIpc) is 3.55. The van der Waals surface area contributed by atoms with Crippen LogP contribution in [0.25, 0.3) is 16.6 Å². The van der Waals surface area contributed by atoms with Crippen LogP contribution in [0.1, 0.15) is 113 Å². The first-order chi connectivity index (χ1) is 31.8. The van der Waals surface area contributed by atoms with Crippen LogP contribution in [0, 0.1) is 0 Å². The van der Waals surface area contributed by atoms with Gasteiger partial charge >= 0.3 is 5.69 Å². The topological polar surface area (TPSA) is 205 Å². The molecule has 18 heteroatoms. The number of unbranched alkanes of at least 4 members (excludes halogenated alkanes) is 4. The molecule has 3 aromatic rings. The highest BCUT2D eigenvalue weighted by Crippen LogP contribution is 2.38. The number of hydrogen-bond acceptors (Lipinski definition) is 11. The highest BCUT2D eigenvalue weighted by Gasteiger charge is 2.34. The maximum absolute atomic E-state index is 14.6. The van der Waals surface area contributed by atoms with Crippen LogP contribution in [0.3, 0.4) is 0 Å². The summed E-state index contributed by atoms with van der Waals surface area (Å²) in [7, 11) is 3.25. The van der Waals surface area contributed by atoms with Gasteiger partial charge in [-0.1, -0.05) is 19.3 Å². The fourth-order valence-electron chi connectivity index (χ4n) is 9.96. The maximum Gasteiger partial charge on any atom is 0.329 e. The van der Waals surface area contributed by atoms with Gasteiger partial charge in [-0.2, -0.15) is 0 Å². The molecule has 2 aromatic carbocycles. The van der Waals surface area contributed by atoms with Gasteiger partial charge in [0.05, 0.1) is 11.0 Å². The van der Waals surface area contributed by atoms with E-state index in [1.165, 1.54) is 27.6 Å². The molecule has 1 aromatic heterocycles. The zero-order chi connectivity index (χ0) is 47.1. The quantitative estimate of drug-likeness (QED) is 0.0709. The van der Waals surface area contributed by atoms with Crippen molar-refractivity contribution in [2.24, 2.45) is 23.5 Å². The first kappa shape index (κ1) is 47.9. The van der Waals surface area contributed by atoms with Crippen LogP contribution < -0.4 is 38.0 Å². The highest BCUT2D eigenvalue weighted by molar-refractivity contribution is 6.10. The third kappa shape index (κ3) is 10.6. The first-order valence-electron chi connectivity index (χ1n) is 23.4. The summed E-state index contributed by atoms with van der Waals surface area (Å²) in [5.74, 6) is -0.648. The molecule has 5 heterocycles. The fraction of sp³-hybridized carbons (Fsp3) is 0.542. The van der Waals surface area contributed by atoms with Crippen molar-refractivity contribution in [2.75, 3.05) is 56.5 Å². The second-order valence-electron chi connectivity index (χ2n) is 17.9. The largest absolute Gasteiger partial charge is 0.404 e. The van der Waals surface area contributed by atoms with Crippen LogP contribution in [0.5, 0.6) is 0 Å². The number of hydrogen-bond donors (Lipinski definition) is 5. The van der Waals surface area contributed by atoms with E-state index in [2.05, 4.69) is 20.9 Å². The number of anilines is 2. The molecule has 2 atom stereocenters. The Kier molecular flexibility index (Phi) is 15.6. The minimum absolute atomic E-state index is 0.0478. The normalized spacial score (nSPS) is 19.2. The van der Waals surface area contributed by atoms with Crippen molar-refractivity contribution in [3.63, 3.8) is 0 Å². The molecule has 0 spiro atoms. The van der Waals surface area contributed by atoms with Crippen LogP contribution >= 0.6 is 0 Å².